The fourth-order valence-corrected chi connectivity index (χ4v) is 1.06. The third kappa shape index (κ3) is 3.18. The second-order valence-corrected chi connectivity index (χ2v) is 3.38. The van der Waals surface area contributed by atoms with Crippen molar-refractivity contribution in [1.29, 1.82) is 0 Å². The first-order valence-corrected chi connectivity index (χ1v) is 4.59. The van der Waals surface area contributed by atoms with E-state index >= 15 is 0 Å². The van der Waals surface area contributed by atoms with Crippen molar-refractivity contribution in [3.05, 3.63) is 28.2 Å². The number of hydrogen-bond acceptors (Lipinski definition) is 3. The van der Waals surface area contributed by atoms with Gasteiger partial charge < -0.3 is 9.84 Å². The number of aliphatic hydroxyl groups is 1. The molecule has 0 radical (unpaired) electrons. The molecule has 0 heterocycles. The Bertz CT molecular complexity index is 339. The summed E-state index contributed by atoms with van der Waals surface area (Å²) in [5, 5.41) is 9.22. The smallest absolute Gasteiger partial charge is 0.195 e. The highest BCUT2D eigenvalue weighted by Crippen LogP contribution is 2.26. The Balaban J connectivity index is 2.60. The van der Waals surface area contributed by atoms with Crippen LogP contribution in [-0.2, 0) is 4.79 Å². The standard InChI is InChI=1S/C9H8Cl2O3/c10-8-2-1-7(3-9(8)11)14-5-6(13)4-12/h1-3,12H,4-5H2. The molecule has 3 nitrogen and oxygen atoms in total. The van der Waals surface area contributed by atoms with Crippen molar-refractivity contribution in [3.63, 3.8) is 0 Å². The monoisotopic (exact) mass is 234 g/mol. The molecule has 1 rings (SSSR count). The van der Waals surface area contributed by atoms with Gasteiger partial charge in [-0.05, 0) is 12.1 Å². The van der Waals surface area contributed by atoms with Gasteiger partial charge in [0.1, 0.15) is 19.0 Å². The van der Waals surface area contributed by atoms with E-state index in [2.05, 4.69) is 0 Å². The molecule has 0 spiro atoms. The van der Waals surface area contributed by atoms with Gasteiger partial charge >= 0.3 is 0 Å². The van der Waals surface area contributed by atoms with E-state index in [-0.39, 0.29) is 6.61 Å². The minimum absolute atomic E-state index is 0.172. The molecular formula is C9H8Cl2O3. The first-order valence-electron chi connectivity index (χ1n) is 3.84. The van der Waals surface area contributed by atoms with Crippen LogP contribution in [0, 0.1) is 0 Å². The number of benzene rings is 1. The van der Waals surface area contributed by atoms with E-state index in [1.807, 2.05) is 0 Å². The molecular weight excluding hydrogens is 227 g/mol. The van der Waals surface area contributed by atoms with Crippen LogP contribution in [0.5, 0.6) is 5.75 Å². The van der Waals surface area contributed by atoms with E-state index in [4.69, 9.17) is 33.0 Å². The Morgan fingerprint density at radius 2 is 2.07 bits per heavy atom. The molecule has 0 atom stereocenters. The lowest BCUT2D eigenvalue weighted by Crippen LogP contribution is -2.14. The van der Waals surface area contributed by atoms with Crippen LogP contribution in [0.4, 0.5) is 0 Å². The number of carbonyl (C=O) groups is 1. The topological polar surface area (TPSA) is 46.5 Å². The van der Waals surface area contributed by atoms with Gasteiger partial charge in [-0.2, -0.15) is 0 Å². The van der Waals surface area contributed by atoms with Crippen molar-refractivity contribution in [2.45, 2.75) is 0 Å². The third-order valence-corrected chi connectivity index (χ3v) is 2.21. The van der Waals surface area contributed by atoms with Crippen LogP contribution >= 0.6 is 23.2 Å². The average Bonchev–Trinajstić information content (AvgIpc) is 2.19. The Labute approximate surface area is 91.2 Å². The molecule has 14 heavy (non-hydrogen) atoms. The zero-order chi connectivity index (χ0) is 10.6. The molecule has 0 saturated heterocycles. The van der Waals surface area contributed by atoms with E-state index in [0.717, 1.165) is 0 Å². The molecule has 1 aromatic rings. The lowest BCUT2D eigenvalue weighted by molar-refractivity contribution is -0.123. The summed E-state index contributed by atoms with van der Waals surface area (Å²) in [6, 6.07) is 4.68. The molecule has 0 aliphatic carbocycles. The van der Waals surface area contributed by atoms with E-state index in [1.165, 1.54) is 6.07 Å². The highest BCUT2D eigenvalue weighted by Gasteiger charge is 2.03. The van der Waals surface area contributed by atoms with Gasteiger partial charge in [-0.3, -0.25) is 4.79 Å². The van der Waals surface area contributed by atoms with Gasteiger partial charge in [-0.15, -0.1) is 0 Å². The lowest BCUT2D eigenvalue weighted by Gasteiger charge is -2.04. The minimum atomic E-state index is -0.526. The molecule has 0 bridgehead atoms. The van der Waals surface area contributed by atoms with Crippen molar-refractivity contribution in [2.24, 2.45) is 0 Å². The molecule has 0 aliphatic heterocycles. The van der Waals surface area contributed by atoms with Crippen molar-refractivity contribution >= 4 is 29.0 Å². The molecule has 76 valence electrons. The maximum absolute atomic E-state index is 10.7. The summed E-state index contributed by atoms with van der Waals surface area (Å²) in [5.74, 6) is 0.0530. The molecule has 0 aliphatic rings. The summed E-state index contributed by atoms with van der Waals surface area (Å²) in [4.78, 5) is 10.7. The summed E-state index contributed by atoms with van der Waals surface area (Å²) >= 11 is 11.4. The SMILES string of the molecule is O=C(CO)COc1ccc(Cl)c(Cl)c1. The third-order valence-electron chi connectivity index (χ3n) is 1.47. The van der Waals surface area contributed by atoms with E-state index in [1.54, 1.807) is 12.1 Å². The van der Waals surface area contributed by atoms with E-state index in [0.29, 0.717) is 15.8 Å². The number of Topliss-reactive ketones (excluding diaryl/α,β-unsaturated/α-hetero) is 1. The van der Waals surface area contributed by atoms with Crippen molar-refractivity contribution in [2.75, 3.05) is 13.2 Å². The quantitative estimate of drug-likeness (QED) is 0.867. The predicted octanol–water partition coefficient (Wildman–Crippen LogP) is 1.93. The summed E-state index contributed by atoms with van der Waals surface area (Å²) in [6.07, 6.45) is 0. The Morgan fingerprint density at radius 1 is 1.36 bits per heavy atom. The molecule has 0 aromatic heterocycles. The first-order chi connectivity index (χ1) is 6.63. The summed E-state index contributed by atoms with van der Waals surface area (Å²) in [7, 11) is 0. The number of carbonyl (C=O) groups excluding carboxylic acids is 1. The molecule has 0 fully saturated rings. The van der Waals surface area contributed by atoms with Crippen LogP contribution in [-0.4, -0.2) is 24.1 Å². The molecule has 0 saturated carbocycles. The normalized spacial score (nSPS) is 9.93. The minimum Gasteiger partial charge on any atom is -0.486 e. The second kappa shape index (κ2) is 5.20. The number of rotatable bonds is 4. The van der Waals surface area contributed by atoms with Crippen LogP contribution in [0.15, 0.2) is 18.2 Å². The first kappa shape index (κ1) is 11.3. The van der Waals surface area contributed by atoms with Crippen LogP contribution < -0.4 is 4.74 Å². The number of hydrogen-bond donors (Lipinski definition) is 1. The Hall–Kier alpha value is -0.770. The van der Waals surface area contributed by atoms with Gasteiger partial charge in [-0.1, -0.05) is 23.2 Å². The largest absolute Gasteiger partial charge is 0.486 e. The fraction of sp³-hybridized carbons (Fsp3) is 0.222. The molecule has 0 amide bonds. The Kier molecular flexibility index (Phi) is 4.20. The van der Waals surface area contributed by atoms with E-state index in [9.17, 15) is 4.79 Å². The highest BCUT2D eigenvalue weighted by molar-refractivity contribution is 6.42. The zero-order valence-corrected chi connectivity index (χ0v) is 8.68. The number of ketones is 1. The molecule has 1 aromatic carbocycles. The van der Waals surface area contributed by atoms with Crippen LogP contribution in [0.3, 0.4) is 0 Å². The maximum atomic E-state index is 10.7. The van der Waals surface area contributed by atoms with Gasteiger partial charge in [-0.25, -0.2) is 0 Å². The lowest BCUT2D eigenvalue weighted by atomic mass is 10.3. The van der Waals surface area contributed by atoms with Crippen molar-refractivity contribution < 1.29 is 14.6 Å². The van der Waals surface area contributed by atoms with Crippen LogP contribution in [0.1, 0.15) is 0 Å². The van der Waals surface area contributed by atoms with Crippen molar-refractivity contribution in [3.8, 4) is 5.75 Å². The molecule has 5 heteroatoms. The highest BCUT2D eigenvalue weighted by atomic mass is 35.5. The van der Waals surface area contributed by atoms with Gasteiger partial charge in [0.2, 0.25) is 0 Å². The van der Waals surface area contributed by atoms with Gasteiger partial charge in [0.15, 0.2) is 5.78 Å². The number of aliphatic hydroxyl groups excluding tert-OH is 1. The fourth-order valence-electron chi connectivity index (χ4n) is 0.776. The summed E-state index contributed by atoms with van der Waals surface area (Å²) < 4.78 is 5.04. The molecule has 0 unspecified atom stereocenters. The van der Waals surface area contributed by atoms with Gasteiger partial charge in [0.25, 0.3) is 0 Å². The zero-order valence-electron chi connectivity index (χ0n) is 7.17. The molecule has 1 N–H and O–H groups in total. The summed E-state index contributed by atoms with van der Waals surface area (Å²) in [6.45, 7) is -0.699. The number of halogens is 2. The van der Waals surface area contributed by atoms with Gasteiger partial charge in [0, 0.05) is 6.07 Å². The second-order valence-electron chi connectivity index (χ2n) is 2.56. The van der Waals surface area contributed by atoms with Crippen molar-refractivity contribution in [1.82, 2.24) is 0 Å². The van der Waals surface area contributed by atoms with Gasteiger partial charge in [0.05, 0.1) is 10.0 Å². The average molecular weight is 235 g/mol. The predicted molar refractivity (Wildman–Crippen MR) is 54.0 cm³/mol. The summed E-state index contributed by atoms with van der Waals surface area (Å²) in [5.41, 5.74) is 0. The number of ether oxygens (including phenoxy) is 1. The maximum Gasteiger partial charge on any atom is 0.195 e. The van der Waals surface area contributed by atoms with E-state index < -0.39 is 12.4 Å². The van der Waals surface area contributed by atoms with Crippen LogP contribution in [0.2, 0.25) is 10.0 Å². The Morgan fingerprint density at radius 3 is 2.64 bits per heavy atom. The van der Waals surface area contributed by atoms with Crippen LogP contribution in [0.25, 0.3) is 0 Å².